The number of aromatic nitrogens is 2. The average molecular weight is 189 g/mol. The van der Waals surface area contributed by atoms with Gasteiger partial charge in [0.1, 0.15) is 5.02 Å². The van der Waals surface area contributed by atoms with Crippen LogP contribution in [0.3, 0.4) is 0 Å². The van der Waals surface area contributed by atoms with E-state index in [2.05, 4.69) is 5.10 Å². The topological polar surface area (TPSA) is 44.1 Å². The average Bonchev–Trinajstić information content (AvgIpc) is 2.02. The largest absolute Gasteiger partial charge is 0.490 e. The van der Waals surface area contributed by atoms with Crippen molar-refractivity contribution in [3.63, 3.8) is 0 Å². The quantitative estimate of drug-likeness (QED) is 0.654. The van der Waals surface area contributed by atoms with Crippen LogP contribution in [0.15, 0.2) is 4.79 Å². The van der Waals surface area contributed by atoms with Crippen LogP contribution in [0.1, 0.15) is 5.69 Å². The number of halogens is 1. The predicted molar refractivity (Wildman–Crippen MR) is 45.8 cm³/mol. The van der Waals surface area contributed by atoms with Crippen LogP contribution in [0.4, 0.5) is 0 Å². The van der Waals surface area contributed by atoms with Crippen LogP contribution in [0.2, 0.25) is 5.02 Å². The number of methoxy groups -OCH3 is 1. The molecular weight excluding hydrogens is 180 g/mol. The minimum atomic E-state index is -0.326. The van der Waals surface area contributed by atoms with Crippen molar-refractivity contribution >= 4 is 11.6 Å². The van der Waals surface area contributed by atoms with Crippen molar-refractivity contribution in [2.75, 3.05) is 7.11 Å². The van der Waals surface area contributed by atoms with Gasteiger partial charge in [-0.3, -0.25) is 4.79 Å². The summed E-state index contributed by atoms with van der Waals surface area (Å²) >= 11 is 5.77. The number of hydrogen-bond donors (Lipinski definition) is 0. The van der Waals surface area contributed by atoms with E-state index in [4.69, 9.17) is 16.3 Å². The van der Waals surface area contributed by atoms with Gasteiger partial charge in [-0.1, -0.05) is 11.6 Å². The van der Waals surface area contributed by atoms with Crippen LogP contribution in [-0.4, -0.2) is 16.9 Å². The summed E-state index contributed by atoms with van der Waals surface area (Å²) in [4.78, 5) is 11.3. The van der Waals surface area contributed by atoms with Gasteiger partial charge in [0.25, 0.3) is 0 Å². The first-order chi connectivity index (χ1) is 5.57. The van der Waals surface area contributed by atoms with E-state index < -0.39 is 0 Å². The third-order valence-electron chi connectivity index (χ3n) is 1.51. The van der Waals surface area contributed by atoms with Gasteiger partial charge in [0.2, 0.25) is 5.75 Å². The lowest BCUT2D eigenvalue weighted by atomic mass is 10.4. The van der Waals surface area contributed by atoms with E-state index in [1.807, 2.05) is 0 Å². The summed E-state index contributed by atoms with van der Waals surface area (Å²) in [7, 11) is 2.95. The van der Waals surface area contributed by atoms with Gasteiger partial charge in [0.05, 0.1) is 12.8 Å². The van der Waals surface area contributed by atoms with Gasteiger partial charge < -0.3 is 4.74 Å². The van der Waals surface area contributed by atoms with E-state index in [9.17, 15) is 4.79 Å². The highest BCUT2D eigenvalue weighted by Crippen LogP contribution is 2.20. The number of nitrogens with zero attached hydrogens (tertiary/aromatic N) is 2. The normalized spacial score (nSPS) is 10.0. The fourth-order valence-corrected chi connectivity index (χ4v) is 1.09. The number of rotatable bonds is 1. The SMILES string of the molecule is COc1c(Cl)c(C)nn(C)c1=O. The summed E-state index contributed by atoms with van der Waals surface area (Å²) in [5.41, 5.74) is 0.253. The lowest BCUT2D eigenvalue weighted by Gasteiger charge is -2.05. The van der Waals surface area contributed by atoms with E-state index in [-0.39, 0.29) is 16.3 Å². The number of ether oxygens (including phenoxy) is 1. The summed E-state index contributed by atoms with van der Waals surface area (Å²) in [5, 5.41) is 4.15. The maximum absolute atomic E-state index is 11.3. The molecule has 0 spiro atoms. The molecule has 0 N–H and O–H groups in total. The molecular formula is C7H9ClN2O2. The van der Waals surface area contributed by atoms with Crippen LogP contribution in [0.5, 0.6) is 5.75 Å². The molecule has 0 atom stereocenters. The van der Waals surface area contributed by atoms with E-state index >= 15 is 0 Å². The summed E-state index contributed by atoms with van der Waals surface area (Å²) in [6.45, 7) is 1.71. The van der Waals surface area contributed by atoms with Gasteiger partial charge in [0, 0.05) is 7.05 Å². The zero-order valence-corrected chi connectivity index (χ0v) is 7.84. The smallest absolute Gasteiger partial charge is 0.310 e. The Bertz CT molecular complexity index is 359. The Labute approximate surface area is 74.7 Å². The molecule has 0 aliphatic heterocycles. The van der Waals surface area contributed by atoms with Crippen LogP contribution in [0.25, 0.3) is 0 Å². The van der Waals surface area contributed by atoms with Gasteiger partial charge in [-0.15, -0.1) is 0 Å². The maximum Gasteiger partial charge on any atom is 0.310 e. The van der Waals surface area contributed by atoms with E-state index in [0.717, 1.165) is 0 Å². The van der Waals surface area contributed by atoms with Crippen LogP contribution in [-0.2, 0) is 7.05 Å². The molecule has 12 heavy (non-hydrogen) atoms. The molecule has 1 heterocycles. The highest BCUT2D eigenvalue weighted by molar-refractivity contribution is 6.32. The van der Waals surface area contributed by atoms with E-state index in [1.54, 1.807) is 14.0 Å². The Balaban J connectivity index is 3.53. The number of hydrogen-bond acceptors (Lipinski definition) is 3. The summed E-state index contributed by atoms with van der Waals surface area (Å²) < 4.78 is 6.03. The second-order valence-electron chi connectivity index (χ2n) is 2.36. The molecule has 5 heteroatoms. The molecule has 4 nitrogen and oxygen atoms in total. The summed E-state index contributed by atoms with van der Waals surface area (Å²) in [6, 6.07) is 0. The lowest BCUT2D eigenvalue weighted by Crippen LogP contribution is -2.22. The van der Waals surface area contributed by atoms with E-state index in [1.165, 1.54) is 11.8 Å². The Kier molecular flexibility index (Phi) is 2.38. The third kappa shape index (κ3) is 1.30. The molecule has 0 fully saturated rings. The third-order valence-corrected chi connectivity index (χ3v) is 1.95. The highest BCUT2D eigenvalue weighted by Gasteiger charge is 2.11. The van der Waals surface area contributed by atoms with Crippen molar-refractivity contribution in [1.29, 1.82) is 0 Å². The lowest BCUT2D eigenvalue weighted by molar-refractivity contribution is 0.400. The van der Waals surface area contributed by atoms with Crippen molar-refractivity contribution in [3.8, 4) is 5.75 Å². The molecule has 1 aromatic rings. The van der Waals surface area contributed by atoms with Gasteiger partial charge in [0.15, 0.2) is 0 Å². The monoisotopic (exact) mass is 188 g/mol. The molecule has 0 amide bonds. The highest BCUT2D eigenvalue weighted by atomic mass is 35.5. The molecule has 0 radical (unpaired) electrons. The Hall–Kier alpha value is -1.03. The predicted octanol–water partition coefficient (Wildman–Crippen LogP) is 0.751. The maximum atomic E-state index is 11.3. The fourth-order valence-electron chi connectivity index (χ4n) is 0.896. The molecule has 0 aliphatic carbocycles. The minimum Gasteiger partial charge on any atom is -0.490 e. The van der Waals surface area contributed by atoms with Gasteiger partial charge in [-0.2, -0.15) is 5.10 Å². The molecule has 66 valence electrons. The molecule has 0 aliphatic rings. The van der Waals surface area contributed by atoms with E-state index in [0.29, 0.717) is 5.69 Å². The molecule has 1 aromatic heterocycles. The van der Waals surface area contributed by atoms with Crippen molar-refractivity contribution < 1.29 is 4.74 Å². The van der Waals surface area contributed by atoms with Gasteiger partial charge in [-0.05, 0) is 6.92 Å². The minimum absolute atomic E-state index is 0.145. The standard InChI is InChI=1S/C7H9ClN2O2/c1-4-5(8)6(12-3)7(11)10(2)9-4/h1-3H3. The summed E-state index contributed by atoms with van der Waals surface area (Å²) in [5.74, 6) is 0.145. The van der Waals surface area contributed by atoms with Crippen LogP contribution in [0, 0.1) is 6.92 Å². The second-order valence-corrected chi connectivity index (χ2v) is 2.74. The van der Waals surface area contributed by atoms with Crippen LogP contribution >= 0.6 is 11.6 Å². The van der Waals surface area contributed by atoms with Gasteiger partial charge >= 0.3 is 5.56 Å². The van der Waals surface area contributed by atoms with Gasteiger partial charge in [-0.25, -0.2) is 4.68 Å². The zero-order valence-electron chi connectivity index (χ0n) is 7.09. The molecule has 0 aromatic carbocycles. The molecule has 0 saturated heterocycles. The van der Waals surface area contributed by atoms with Crippen molar-refractivity contribution in [2.45, 2.75) is 6.92 Å². The number of aryl methyl sites for hydroxylation is 2. The Morgan fingerprint density at radius 2 is 2.17 bits per heavy atom. The fraction of sp³-hybridized carbons (Fsp3) is 0.429. The second kappa shape index (κ2) is 3.15. The van der Waals surface area contributed by atoms with Crippen molar-refractivity contribution in [2.24, 2.45) is 7.05 Å². The van der Waals surface area contributed by atoms with Crippen molar-refractivity contribution in [1.82, 2.24) is 9.78 Å². The first-order valence-electron chi connectivity index (χ1n) is 3.35. The molecule has 1 rings (SSSR count). The Morgan fingerprint density at radius 1 is 1.58 bits per heavy atom. The molecule has 0 unspecified atom stereocenters. The summed E-state index contributed by atoms with van der Waals surface area (Å²) in [6.07, 6.45) is 0. The first kappa shape index (κ1) is 9.06. The zero-order chi connectivity index (χ0) is 9.30. The van der Waals surface area contributed by atoms with Crippen LogP contribution < -0.4 is 10.3 Å². The molecule has 0 saturated carbocycles. The molecule has 0 bridgehead atoms. The Morgan fingerprint density at radius 3 is 2.67 bits per heavy atom. The van der Waals surface area contributed by atoms with Crippen molar-refractivity contribution in [3.05, 3.63) is 21.1 Å². The first-order valence-corrected chi connectivity index (χ1v) is 3.73.